The lowest BCUT2D eigenvalue weighted by Crippen LogP contribution is -2.43. The molecule has 0 saturated heterocycles. The van der Waals surface area contributed by atoms with Gasteiger partial charge in [-0.1, -0.05) is 12.1 Å². The van der Waals surface area contributed by atoms with Crippen molar-refractivity contribution in [2.45, 2.75) is 6.92 Å². The second kappa shape index (κ2) is 7.27. The number of hydrogen-bond acceptors (Lipinski definition) is 3. The lowest BCUT2D eigenvalue weighted by atomic mass is 10.2. The Bertz CT molecular complexity index is 489. The summed E-state index contributed by atoms with van der Waals surface area (Å²) in [6, 6.07) is 5.34. The first-order valence-electron chi connectivity index (χ1n) is 5.75. The van der Waals surface area contributed by atoms with Gasteiger partial charge in [0.25, 0.3) is 0 Å². The van der Waals surface area contributed by atoms with Crippen molar-refractivity contribution in [3.8, 4) is 0 Å². The van der Waals surface area contributed by atoms with E-state index in [-0.39, 0.29) is 24.8 Å². The molecule has 5 nitrogen and oxygen atoms in total. The number of urea groups is 1. The van der Waals surface area contributed by atoms with Gasteiger partial charge < -0.3 is 11.1 Å². The molecule has 0 aliphatic rings. The molecule has 0 fully saturated rings. The van der Waals surface area contributed by atoms with Gasteiger partial charge >= 0.3 is 6.03 Å². The highest BCUT2D eigenvalue weighted by atomic mass is 19.1. The topological polar surface area (TPSA) is 75.4 Å². The van der Waals surface area contributed by atoms with E-state index in [1.807, 2.05) is 0 Å². The molecule has 19 heavy (non-hydrogen) atoms. The molecule has 3 N–H and O–H groups in total. The van der Waals surface area contributed by atoms with E-state index in [2.05, 4.69) is 5.32 Å². The molecule has 0 unspecified atom stereocenters. The van der Waals surface area contributed by atoms with E-state index in [1.54, 1.807) is 12.1 Å². The average Bonchev–Trinajstić information content (AvgIpc) is 2.35. The smallest absolute Gasteiger partial charge is 0.328 e. The SMILES string of the molecule is CC(=O)N(CCN)C(=O)N/C=C/c1cccc(F)c1. The summed E-state index contributed by atoms with van der Waals surface area (Å²) in [5, 5.41) is 2.42. The van der Waals surface area contributed by atoms with Crippen molar-refractivity contribution in [3.05, 3.63) is 41.8 Å². The Morgan fingerprint density at radius 3 is 2.79 bits per heavy atom. The maximum atomic E-state index is 12.9. The van der Waals surface area contributed by atoms with Crippen LogP contribution in [0.5, 0.6) is 0 Å². The number of nitrogens with one attached hydrogen (secondary N) is 1. The van der Waals surface area contributed by atoms with Crippen LogP contribution in [0.4, 0.5) is 9.18 Å². The molecule has 6 heteroatoms. The summed E-state index contributed by atoms with van der Waals surface area (Å²) in [5.41, 5.74) is 5.91. The lowest BCUT2D eigenvalue weighted by molar-refractivity contribution is -0.125. The van der Waals surface area contributed by atoms with Gasteiger partial charge in [-0.05, 0) is 23.8 Å². The van der Waals surface area contributed by atoms with Crippen molar-refractivity contribution >= 4 is 18.0 Å². The summed E-state index contributed by atoms with van der Waals surface area (Å²) in [4.78, 5) is 23.8. The maximum absolute atomic E-state index is 12.9. The number of halogens is 1. The Labute approximate surface area is 110 Å². The van der Waals surface area contributed by atoms with Crippen LogP contribution < -0.4 is 11.1 Å². The molecule has 0 atom stereocenters. The van der Waals surface area contributed by atoms with Crippen LogP contribution in [0.15, 0.2) is 30.5 Å². The van der Waals surface area contributed by atoms with Crippen LogP contribution in [0.2, 0.25) is 0 Å². The largest absolute Gasteiger partial charge is 0.329 e. The zero-order valence-electron chi connectivity index (χ0n) is 10.6. The molecule has 0 bridgehead atoms. The summed E-state index contributed by atoms with van der Waals surface area (Å²) in [6.07, 6.45) is 2.88. The fraction of sp³-hybridized carbons (Fsp3) is 0.231. The molecule has 0 heterocycles. The highest BCUT2D eigenvalue weighted by molar-refractivity contribution is 5.93. The first kappa shape index (κ1) is 14.8. The molecule has 1 aromatic carbocycles. The molecule has 0 saturated carbocycles. The number of nitrogens with zero attached hydrogens (tertiary/aromatic N) is 1. The van der Waals surface area contributed by atoms with E-state index < -0.39 is 6.03 Å². The minimum absolute atomic E-state index is 0.148. The number of carbonyl (C=O) groups excluding carboxylic acids is 2. The number of amides is 3. The van der Waals surface area contributed by atoms with Crippen LogP contribution in [0, 0.1) is 5.82 Å². The molecule has 0 aliphatic heterocycles. The van der Waals surface area contributed by atoms with E-state index in [9.17, 15) is 14.0 Å². The Morgan fingerprint density at radius 2 is 2.21 bits per heavy atom. The van der Waals surface area contributed by atoms with E-state index in [1.165, 1.54) is 31.3 Å². The van der Waals surface area contributed by atoms with Crippen LogP contribution in [0.3, 0.4) is 0 Å². The Morgan fingerprint density at radius 1 is 1.47 bits per heavy atom. The molecule has 0 aromatic heterocycles. The zero-order valence-corrected chi connectivity index (χ0v) is 10.6. The Hall–Kier alpha value is -2.21. The monoisotopic (exact) mass is 265 g/mol. The second-order valence-corrected chi connectivity index (χ2v) is 3.80. The first-order chi connectivity index (χ1) is 9.04. The fourth-order valence-electron chi connectivity index (χ4n) is 1.43. The minimum atomic E-state index is -0.564. The van der Waals surface area contributed by atoms with E-state index >= 15 is 0 Å². The normalized spacial score (nSPS) is 10.5. The number of imide groups is 1. The average molecular weight is 265 g/mol. The highest BCUT2D eigenvalue weighted by Crippen LogP contribution is 2.04. The molecule has 102 valence electrons. The highest BCUT2D eigenvalue weighted by Gasteiger charge is 2.15. The van der Waals surface area contributed by atoms with Gasteiger partial charge in [0.2, 0.25) is 5.91 Å². The van der Waals surface area contributed by atoms with Gasteiger partial charge in [-0.25, -0.2) is 9.18 Å². The molecule has 0 spiro atoms. The van der Waals surface area contributed by atoms with E-state index in [4.69, 9.17) is 5.73 Å². The van der Waals surface area contributed by atoms with Crippen molar-refractivity contribution in [3.63, 3.8) is 0 Å². The first-order valence-corrected chi connectivity index (χ1v) is 5.75. The summed E-state index contributed by atoms with van der Waals surface area (Å²) in [6.45, 7) is 1.63. The minimum Gasteiger partial charge on any atom is -0.329 e. The molecule has 1 rings (SSSR count). The molecular weight excluding hydrogens is 249 g/mol. The summed E-state index contributed by atoms with van der Waals surface area (Å²) < 4.78 is 12.9. The summed E-state index contributed by atoms with van der Waals surface area (Å²) in [5.74, 6) is -0.746. The van der Waals surface area contributed by atoms with Crippen molar-refractivity contribution in [1.82, 2.24) is 10.2 Å². The fourth-order valence-corrected chi connectivity index (χ4v) is 1.43. The molecule has 0 aliphatic carbocycles. The predicted octanol–water partition coefficient (Wildman–Crippen LogP) is 1.31. The summed E-state index contributed by atoms with van der Waals surface area (Å²) in [7, 11) is 0. The van der Waals surface area contributed by atoms with Crippen LogP contribution in [-0.4, -0.2) is 29.9 Å². The number of benzene rings is 1. The van der Waals surface area contributed by atoms with Crippen molar-refractivity contribution in [2.24, 2.45) is 5.73 Å². The molecule has 1 aromatic rings. The second-order valence-electron chi connectivity index (χ2n) is 3.80. The van der Waals surface area contributed by atoms with Gasteiger partial charge in [0.15, 0.2) is 0 Å². The Kier molecular flexibility index (Phi) is 5.69. The number of hydrogen-bond donors (Lipinski definition) is 2. The van der Waals surface area contributed by atoms with Crippen LogP contribution in [-0.2, 0) is 4.79 Å². The van der Waals surface area contributed by atoms with Crippen molar-refractivity contribution in [2.75, 3.05) is 13.1 Å². The summed E-state index contributed by atoms with van der Waals surface area (Å²) >= 11 is 0. The third kappa shape index (κ3) is 4.89. The quantitative estimate of drug-likeness (QED) is 0.862. The van der Waals surface area contributed by atoms with Crippen molar-refractivity contribution in [1.29, 1.82) is 0 Å². The third-order valence-electron chi connectivity index (χ3n) is 2.31. The lowest BCUT2D eigenvalue weighted by Gasteiger charge is -2.17. The zero-order chi connectivity index (χ0) is 14.3. The Balaban J connectivity index is 2.60. The van der Waals surface area contributed by atoms with Gasteiger partial charge in [0.1, 0.15) is 5.82 Å². The van der Waals surface area contributed by atoms with E-state index in [0.717, 1.165) is 4.90 Å². The van der Waals surface area contributed by atoms with Gasteiger partial charge in [-0.15, -0.1) is 0 Å². The van der Waals surface area contributed by atoms with Crippen LogP contribution in [0.1, 0.15) is 12.5 Å². The third-order valence-corrected chi connectivity index (χ3v) is 2.31. The molecule has 3 amide bonds. The number of carbonyl (C=O) groups is 2. The van der Waals surface area contributed by atoms with Gasteiger partial charge in [0.05, 0.1) is 0 Å². The van der Waals surface area contributed by atoms with Crippen LogP contribution in [0.25, 0.3) is 6.08 Å². The molecular formula is C13H16FN3O2. The van der Waals surface area contributed by atoms with Gasteiger partial charge in [-0.2, -0.15) is 0 Å². The van der Waals surface area contributed by atoms with Gasteiger partial charge in [0, 0.05) is 26.2 Å². The maximum Gasteiger partial charge on any atom is 0.328 e. The van der Waals surface area contributed by atoms with Crippen LogP contribution >= 0.6 is 0 Å². The number of rotatable bonds is 4. The molecule has 0 radical (unpaired) electrons. The van der Waals surface area contributed by atoms with E-state index in [0.29, 0.717) is 5.56 Å². The standard InChI is InChI=1S/C13H16FN3O2/c1-10(18)17(8-6-15)13(19)16-7-5-11-3-2-4-12(14)9-11/h2-5,7,9H,6,8,15H2,1H3,(H,16,19)/b7-5+. The number of nitrogens with two attached hydrogens (primary N) is 1. The van der Waals surface area contributed by atoms with Gasteiger partial charge in [-0.3, -0.25) is 9.69 Å². The predicted molar refractivity (Wildman–Crippen MR) is 70.4 cm³/mol. The van der Waals surface area contributed by atoms with Crippen molar-refractivity contribution < 1.29 is 14.0 Å².